The molecule has 3 aromatic rings. The van der Waals surface area contributed by atoms with E-state index in [4.69, 9.17) is 11.6 Å². The van der Waals surface area contributed by atoms with Gasteiger partial charge in [-0.15, -0.1) is 0 Å². The number of halogens is 1. The van der Waals surface area contributed by atoms with E-state index in [0.29, 0.717) is 10.7 Å². The molecule has 0 aliphatic heterocycles. The highest BCUT2D eigenvalue weighted by Crippen LogP contribution is 2.33. The van der Waals surface area contributed by atoms with Crippen molar-refractivity contribution in [2.24, 2.45) is 0 Å². The van der Waals surface area contributed by atoms with Gasteiger partial charge in [0.15, 0.2) is 0 Å². The Bertz CT molecular complexity index is 1020. The van der Waals surface area contributed by atoms with Gasteiger partial charge in [-0.25, -0.2) is 0 Å². The van der Waals surface area contributed by atoms with Crippen LogP contribution in [0.5, 0.6) is 0 Å². The number of carbonyl (C=O) groups is 1. The molecule has 1 heterocycles. The summed E-state index contributed by atoms with van der Waals surface area (Å²) in [4.78, 5) is 25.5. The third kappa shape index (κ3) is 3.04. The summed E-state index contributed by atoms with van der Waals surface area (Å²) in [5.41, 5.74) is 2.87. The molecule has 0 unspecified atom stereocenters. The number of aryl methyl sites for hydroxylation is 1. The highest BCUT2D eigenvalue weighted by atomic mass is 35.5. The summed E-state index contributed by atoms with van der Waals surface area (Å²) in [7, 11) is 0. The number of fused-ring (bicyclic) bond motifs is 1. The molecule has 0 saturated carbocycles. The van der Waals surface area contributed by atoms with Crippen molar-refractivity contribution in [3.8, 4) is 0 Å². The van der Waals surface area contributed by atoms with Crippen molar-refractivity contribution < 1.29 is 4.79 Å². The minimum absolute atomic E-state index is 0.0259. The van der Waals surface area contributed by atoms with Gasteiger partial charge in [0.25, 0.3) is 11.5 Å². The minimum Gasteiger partial charge on any atom is -0.322 e. The Balaban J connectivity index is 1.65. The van der Waals surface area contributed by atoms with Crippen molar-refractivity contribution >= 4 is 23.2 Å². The van der Waals surface area contributed by atoms with Crippen LogP contribution < -0.4 is 10.9 Å². The zero-order chi connectivity index (χ0) is 18.1. The topological polar surface area (TPSA) is 51.1 Å². The average molecular weight is 365 g/mol. The van der Waals surface area contributed by atoms with Gasteiger partial charge in [-0.05, 0) is 60.4 Å². The number of hydrogen-bond acceptors (Lipinski definition) is 2. The third-order valence-corrected chi connectivity index (χ3v) is 5.01. The second-order valence-electron chi connectivity index (χ2n) is 6.35. The smallest absolute Gasteiger partial charge is 0.263 e. The summed E-state index contributed by atoms with van der Waals surface area (Å²) >= 11 is 5.86. The lowest BCUT2D eigenvalue weighted by molar-refractivity contribution is 0.102. The number of rotatable bonds is 3. The second kappa shape index (κ2) is 6.81. The maximum Gasteiger partial charge on any atom is 0.263 e. The van der Waals surface area contributed by atoms with Crippen LogP contribution in [-0.2, 0) is 6.42 Å². The molecule has 4 nitrogen and oxygen atoms in total. The Labute approximate surface area is 156 Å². The molecule has 4 rings (SSSR count). The largest absolute Gasteiger partial charge is 0.322 e. The summed E-state index contributed by atoms with van der Waals surface area (Å²) in [5, 5.41) is 3.34. The van der Waals surface area contributed by atoms with E-state index in [1.807, 2.05) is 12.1 Å². The first-order valence-electron chi connectivity index (χ1n) is 8.49. The summed E-state index contributed by atoms with van der Waals surface area (Å²) in [6.07, 6.45) is 3.56. The molecule has 1 aliphatic carbocycles. The number of nitrogens with zero attached hydrogens (tertiary/aromatic N) is 1. The van der Waals surface area contributed by atoms with Crippen molar-refractivity contribution in [2.45, 2.75) is 18.9 Å². The van der Waals surface area contributed by atoms with Crippen LogP contribution in [-0.4, -0.2) is 10.5 Å². The molecule has 1 N–H and O–H groups in total. The van der Waals surface area contributed by atoms with Gasteiger partial charge in [0, 0.05) is 16.9 Å². The molecule has 5 heteroatoms. The zero-order valence-electron chi connectivity index (χ0n) is 14.0. The first kappa shape index (κ1) is 16.6. The SMILES string of the molecule is O=C(Nc1ccc(Cl)cc1)c1cccn([C@H]2CCc3ccccc32)c1=O. The molecule has 0 bridgehead atoms. The van der Waals surface area contributed by atoms with Gasteiger partial charge in [0.05, 0.1) is 6.04 Å². The third-order valence-electron chi connectivity index (χ3n) is 4.76. The van der Waals surface area contributed by atoms with E-state index in [0.717, 1.165) is 18.4 Å². The van der Waals surface area contributed by atoms with Gasteiger partial charge < -0.3 is 9.88 Å². The van der Waals surface area contributed by atoms with Crippen LogP contribution >= 0.6 is 11.6 Å². The van der Waals surface area contributed by atoms with Gasteiger partial charge >= 0.3 is 0 Å². The number of amides is 1. The minimum atomic E-state index is -0.419. The molecule has 1 atom stereocenters. The molecular weight excluding hydrogens is 348 g/mol. The Morgan fingerprint density at radius 2 is 1.81 bits per heavy atom. The fourth-order valence-electron chi connectivity index (χ4n) is 3.48. The van der Waals surface area contributed by atoms with Crippen LogP contribution in [0.15, 0.2) is 71.7 Å². The Morgan fingerprint density at radius 3 is 2.62 bits per heavy atom. The lowest BCUT2D eigenvalue weighted by Crippen LogP contribution is -2.30. The number of pyridine rings is 1. The Kier molecular flexibility index (Phi) is 4.35. The quantitative estimate of drug-likeness (QED) is 0.753. The normalized spacial score (nSPS) is 15.5. The maximum atomic E-state index is 12.9. The standard InChI is InChI=1S/C21H17ClN2O2/c22-15-8-10-16(11-9-15)23-20(25)18-6-3-13-24(21(18)26)19-12-7-14-4-1-2-5-17(14)19/h1-6,8-11,13,19H,7,12H2,(H,23,25)/t19-/m0/s1. The first-order chi connectivity index (χ1) is 12.6. The summed E-state index contributed by atoms with van der Waals surface area (Å²) in [5.74, 6) is -0.419. The molecule has 130 valence electrons. The van der Waals surface area contributed by atoms with Crippen molar-refractivity contribution in [2.75, 3.05) is 5.32 Å². The number of anilines is 1. The maximum absolute atomic E-state index is 12.9. The van der Waals surface area contributed by atoms with E-state index in [2.05, 4.69) is 17.4 Å². The van der Waals surface area contributed by atoms with Crippen molar-refractivity contribution in [3.63, 3.8) is 0 Å². The summed E-state index contributed by atoms with van der Waals surface area (Å²) < 4.78 is 1.67. The molecule has 1 aromatic heterocycles. The second-order valence-corrected chi connectivity index (χ2v) is 6.79. The number of carbonyl (C=O) groups excluding carboxylic acids is 1. The molecule has 0 fully saturated rings. The number of benzene rings is 2. The number of hydrogen-bond donors (Lipinski definition) is 1. The average Bonchev–Trinajstić information content (AvgIpc) is 3.08. The van der Waals surface area contributed by atoms with Crippen LogP contribution in [0.4, 0.5) is 5.69 Å². The number of aromatic nitrogens is 1. The molecule has 1 amide bonds. The van der Waals surface area contributed by atoms with E-state index < -0.39 is 5.91 Å². The molecular formula is C21H17ClN2O2. The van der Waals surface area contributed by atoms with Crippen LogP contribution in [0.1, 0.15) is 33.9 Å². The molecule has 1 aliphatic rings. The lowest BCUT2D eigenvalue weighted by Gasteiger charge is -2.16. The Hall–Kier alpha value is -2.85. The fourth-order valence-corrected chi connectivity index (χ4v) is 3.61. The van der Waals surface area contributed by atoms with Crippen LogP contribution in [0, 0.1) is 0 Å². The van der Waals surface area contributed by atoms with E-state index in [1.54, 1.807) is 47.2 Å². The fraction of sp³-hybridized carbons (Fsp3) is 0.143. The zero-order valence-corrected chi connectivity index (χ0v) is 14.7. The van der Waals surface area contributed by atoms with Gasteiger partial charge in [-0.2, -0.15) is 0 Å². The van der Waals surface area contributed by atoms with Gasteiger partial charge in [0.2, 0.25) is 0 Å². The molecule has 0 radical (unpaired) electrons. The van der Waals surface area contributed by atoms with Crippen molar-refractivity contribution in [1.29, 1.82) is 0 Å². The Morgan fingerprint density at radius 1 is 1.04 bits per heavy atom. The molecule has 0 spiro atoms. The highest BCUT2D eigenvalue weighted by molar-refractivity contribution is 6.30. The van der Waals surface area contributed by atoms with E-state index in [9.17, 15) is 9.59 Å². The summed E-state index contributed by atoms with van der Waals surface area (Å²) in [6, 6.07) is 18.2. The van der Waals surface area contributed by atoms with Crippen LogP contribution in [0.25, 0.3) is 0 Å². The predicted octanol–water partition coefficient (Wildman–Crippen LogP) is 4.29. The van der Waals surface area contributed by atoms with Gasteiger partial charge in [0.1, 0.15) is 5.56 Å². The molecule has 2 aromatic carbocycles. The number of nitrogens with one attached hydrogen (secondary N) is 1. The van der Waals surface area contributed by atoms with E-state index in [1.165, 1.54) is 5.56 Å². The van der Waals surface area contributed by atoms with Gasteiger partial charge in [-0.3, -0.25) is 9.59 Å². The van der Waals surface area contributed by atoms with Crippen LogP contribution in [0.3, 0.4) is 0 Å². The van der Waals surface area contributed by atoms with Crippen molar-refractivity contribution in [3.05, 3.63) is 98.9 Å². The monoisotopic (exact) mass is 364 g/mol. The first-order valence-corrected chi connectivity index (χ1v) is 8.87. The highest BCUT2D eigenvalue weighted by Gasteiger charge is 2.25. The van der Waals surface area contributed by atoms with E-state index in [-0.39, 0.29) is 17.2 Å². The van der Waals surface area contributed by atoms with Gasteiger partial charge in [-0.1, -0.05) is 35.9 Å². The van der Waals surface area contributed by atoms with Crippen molar-refractivity contribution in [1.82, 2.24) is 4.57 Å². The lowest BCUT2D eigenvalue weighted by atomic mass is 10.1. The van der Waals surface area contributed by atoms with Crippen LogP contribution in [0.2, 0.25) is 5.02 Å². The molecule has 0 saturated heterocycles. The summed E-state index contributed by atoms with van der Waals surface area (Å²) in [6.45, 7) is 0. The van der Waals surface area contributed by atoms with E-state index >= 15 is 0 Å². The molecule has 26 heavy (non-hydrogen) atoms. The predicted molar refractivity (Wildman–Crippen MR) is 103 cm³/mol.